The van der Waals surface area contributed by atoms with E-state index in [-0.39, 0.29) is 0 Å². The highest BCUT2D eigenvalue weighted by Gasteiger charge is 2.04. The van der Waals surface area contributed by atoms with Crippen LogP contribution >= 0.6 is 0 Å². The van der Waals surface area contributed by atoms with Crippen LogP contribution in [0.15, 0.2) is 24.5 Å². The van der Waals surface area contributed by atoms with Gasteiger partial charge in [0.25, 0.3) is 0 Å². The molecule has 1 aromatic carbocycles. The Labute approximate surface area is 101 Å². The number of nitrogens with zero attached hydrogens (tertiary/aromatic N) is 2. The molecule has 2 rings (SSSR count). The third kappa shape index (κ3) is 2.58. The second-order valence-corrected chi connectivity index (χ2v) is 4.29. The van der Waals surface area contributed by atoms with E-state index in [4.69, 9.17) is 10.5 Å². The number of aryl methyl sites for hydroxylation is 3. The molecule has 0 unspecified atom stereocenters. The molecule has 2 N–H and O–H groups in total. The summed E-state index contributed by atoms with van der Waals surface area (Å²) in [5, 5.41) is 4.09. The third-order valence-electron chi connectivity index (χ3n) is 2.72. The minimum Gasteiger partial charge on any atom is -0.488 e. The summed E-state index contributed by atoms with van der Waals surface area (Å²) in [5.74, 6) is 0.831. The first-order valence-electron chi connectivity index (χ1n) is 5.53. The second-order valence-electron chi connectivity index (χ2n) is 4.29. The number of nitrogen functional groups attached to an aromatic ring is 1. The number of rotatable bonds is 3. The summed E-state index contributed by atoms with van der Waals surface area (Å²) < 4.78 is 7.50. The molecule has 1 aromatic heterocycles. The van der Waals surface area contributed by atoms with E-state index in [1.54, 1.807) is 10.9 Å². The van der Waals surface area contributed by atoms with Crippen LogP contribution in [0.2, 0.25) is 0 Å². The summed E-state index contributed by atoms with van der Waals surface area (Å²) in [5.41, 5.74) is 9.85. The highest BCUT2D eigenvalue weighted by atomic mass is 16.5. The Morgan fingerprint density at radius 2 is 2.06 bits per heavy atom. The number of aromatic nitrogens is 2. The van der Waals surface area contributed by atoms with Crippen molar-refractivity contribution in [2.24, 2.45) is 7.05 Å². The van der Waals surface area contributed by atoms with E-state index in [1.807, 2.05) is 39.2 Å². The van der Waals surface area contributed by atoms with Gasteiger partial charge in [-0.1, -0.05) is 6.07 Å². The molecule has 4 heteroatoms. The van der Waals surface area contributed by atoms with Crippen molar-refractivity contribution in [2.75, 3.05) is 5.73 Å². The van der Waals surface area contributed by atoms with Crippen molar-refractivity contribution < 1.29 is 4.74 Å². The topological polar surface area (TPSA) is 53.1 Å². The molecule has 0 atom stereocenters. The maximum atomic E-state index is 5.87. The molecule has 0 fully saturated rings. The highest BCUT2D eigenvalue weighted by Crippen LogP contribution is 2.25. The van der Waals surface area contributed by atoms with E-state index in [0.29, 0.717) is 6.61 Å². The molecule has 0 spiro atoms. The maximum absolute atomic E-state index is 5.87. The van der Waals surface area contributed by atoms with Crippen molar-refractivity contribution in [1.29, 1.82) is 0 Å². The monoisotopic (exact) mass is 231 g/mol. The summed E-state index contributed by atoms with van der Waals surface area (Å²) in [7, 11) is 1.89. The van der Waals surface area contributed by atoms with Crippen molar-refractivity contribution in [3.63, 3.8) is 0 Å². The summed E-state index contributed by atoms with van der Waals surface area (Å²) in [6, 6.07) is 3.91. The van der Waals surface area contributed by atoms with E-state index in [2.05, 4.69) is 5.10 Å². The first-order chi connectivity index (χ1) is 8.06. The van der Waals surface area contributed by atoms with Crippen LogP contribution in [0.4, 0.5) is 5.69 Å². The Hall–Kier alpha value is -1.97. The molecule has 0 saturated heterocycles. The molecule has 4 nitrogen and oxygen atoms in total. The van der Waals surface area contributed by atoms with Crippen molar-refractivity contribution in [3.05, 3.63) is 41.2 Å². The van der Waals surface area contributed by atoms with Gasteiger partial charge in [0.05, 0.1) is 6.20 Å². The minimum atomic E-state index is 0.511. The molecular formula is C13H17N3O. The van der Waals surface area contributed by atoms with Crippen LogP contribution in [0, 0.1) is 13.8 Å². The van der Waals surface area contributed by atoms with Gasteiger partial charge in [0, 0.05) is 30.6 Å². The average molecular weight is 231 g/mol. The Kier molecular flexibility index (Phi) is 3.04. The lowest BCUT2D eigenvalue weighted by atomic mass is 10.1. The van der Waals surface area contributed by atoms with Crippen LogP contribution in [0.5, 0.6) is 5.75 Å². The van der Waals surface area contributed by atoms with Gasteiger partial charge in [0.2, 0.25) is 0 Å². The lowest BCUT2D eigenvalue weighted by molar-refractivity contribution is 0.304. The van der Waals surface area contributed by atoms with Crippen molar-refractivity contribution >= 4 is 5.69 Å². The summed E-state index contributed by atoms with van der Waals surface area (Å²) >= 11 is 0. The maximum Gasteiger partial charge on any atom is 0.124 e. The number of benzene rings is 1. The van der Waals surface area contributed by atoms with Gasteiger partial charge < -0.3 is 10.5 Å². The Balaban J connectivity index is 2.11. The molecule has 0 saturated carbocycles. The largest absolute Gasteiger partial charge is 0.488 e. The Morgan fingerprint density at radius 1 is 1.29 bits per heavy atom. The number of anilines is 1. The molecule has 2 aromatic rings. The molecule has 0 aliphatic rings. The molecule has 0 bridgehead atoms. The van der Waals surface area contributed by atoms with Crippen LogP contribution in [0.25, 0.3) is 0 Å². The zero-order valence-corrected chi connectivity index (χ0v) is 10.4. The van der Waals surface area contributed by atoms with E-state index < -0.39 is 0 Å². The van der Waals surface area contributed by atoms with Crippen molar-refractivity contribution in [1.82, 2.24) is 9.78 Å². The normalized spacial score (nSPS) is 10.5. The zero-order valence-electron chi connectivity index (χ0n) is 10.4. The summed E-state index contributed by atoms with van der Waals surface area (Å²) in [6.07, 6.45) is 3.74. The number of hydrogen-bond donors (Lipinski definition) is 1. The highest BCUT2D eigenvalue weighted by molar-refractivity contribution is 5.54. The van der Waals surface area contributed by atoms with E-state index in [1.165, 1.54) is 0 Å². The predicted molar refractivity (Wildman–Crippen MR) is 67.9 cm³/mol. The van der Waals surface area contributed by atoms with Gasteiger partial charge in [-0.25, -0.2) is 0 Å². The number of nitrogens with two attached hydrogens (primary N) is 1. The van der Waals surface area contributed by atoms with Crippen LogP contribution < -0.4 is 10.5 Å². The van der Waals surface area contributed by atoms with Gasteiger partial charge in [-0.2, -0.15) is 5.10 Å². The first-order valence-corrected chi connectivity index (χ1v) is 5.53. The molecule has 17 heavy (non-hydrogen) atoms. The lowest BCUT2D eigenvalue weighted by Gasteiger charge is -2.10. The van der Waals surface area contributed by atoms with Gasteiger partial charge in [-0.05, 0) is 25.0 Å². The Bertz CT molecular complexity index is 531. The lowest BCUT2D eigenvalue weighted by Crippen LogP contribution is -1.98. The summed E-state index contributed by atoms with van der Waals surface area (Å²) in [6.45, 7) is 4.52. The molecule has 0 aliphatic carbocycles. The summed E-state index contributed by atoms with van der Waals surface area (Å²) in [4.78, 5) is 0. The van der Waals surface area contributed by atoms with E-state index in [9.17, 15) is 0 Å². The minimum absolute atomic E-state index is 0.511. The van der Waals surface area contributed by atoms with Gasteiger partial charge in [-0.3, -0.25) is 4.68 Å². The van der Waals surface area contributed by atoms with Crippen LogP contribution in [0.1, 0.15) is 16.7 Å². The number of ether oxygens (including phenoxy) is 1. The molecule has 90 valence electrons. The zero-order chi connectivity index (χ0) is 12.4. The number of hydrogen-bond acceptors (Lipinski definition) is 3. The molecule has 1 heterocycles. The SMILES string of the molecule is Cc1cc(C)c(OCc2cnn(C)c2)cc1N. The second kappa shape index (κ2) is 4.49. The van der Waals surface area contributed by atoms with Crippen LogP contribution in [-0.4, -0.2) is 9.78 Å². The van der Waals surface area contributed by atoms with Gasteiger partial charge in [0.1, 0.15) is 12.4 Å². The first kappa shape index (κ1) is 11.5. The van der Waals surface area contributed by atoms with Crippen LogP contribution in [0.3, 0.4) is 0 Å². The fourth-order valence-corrected chi connectivity index (χ4v) is 1.71. The quantitative estimate of drug-likeness (QED) is 0.824. The van der Waals surface area contributed by atoms with Crippen LogP contribution in [-0.2, 0) is 13.7 Å². The fourth-order valence-electron chi connectivity index (χ4n) is 1.71. The van der Waals surface area contributed by atoms with Gasteiger partial charge >= 0.3 is 0 Å². The molecule has 0 aliphatic heterocycles. The molecular weight excluding hydrogens is 214 g/mol. The molecule has 0 radical (unpaired) electrons. The van der Waals surface area contributed by atoms with E-state index >= 15 is 0 Å². The standard InChI is InChI=1S/C13H17N3O/c1-9-4-10(2)13(5-12(9)14)17-8-11-6-15-16(3)7-11/h4-7H,8,14H2,1-3H3. The van der Waals surface area contributed by atoms with Crippen molar-refractivity contribution in [2.45, 2.75) is 20.5 Å². The third-order valence-corrected chi connectivity index (χ3v) is 2.72. The average Bonchev–Trinajstić information content (AvgIpc) is 2.68. The predicted octanol–water partition coefficient (Wildman–Crippen LogP) is 2.20. The van der Waals surface area contributed by atoms with Crippen molar-refractivity contribution in [3.8, 4) is 5.75 Å². The molecule has 0 amide bonds. The van der Waals surface area contributed by atoms with Gasteiger partial charge in [-0.15, -0.1) is 0 Å². The Morgan fingerprint density at radius 3 is 2.71 bits per heavy atom. The van der Waals surface area contributed by atoms with E-state index in [0.717, 1.165) is 28.1 Å². The smallest absolute Gasteiger partial charge is 0.124 e. The van der Waals surface area contributed by atoms with Gasteiger partial charge in [0.15, 0.2) is 0 Å². The fraction of sp³-hybridized carbons (Fsp3) is 0.308.